The van der Waals surface area contributed by atoms with E-state index < -0.39 is 11.5 Å². The second-order valence-electron chi connectivity index (χ2n) is 6.32. The molecule has 0 saturated heterocycles. The Bertz CT molecular complexity index is 1380. The number of para-hydroxylation sites is 1. The van der Waals surface area contributed by atoms with Crippen LogP contribution in [0.25, 0.3) is 10.9 Å². The van der Waals surface area contributed by atoms with Crippen LogP contribution >= 0.6 is 46.4 Å². The van der Waals surface area contributed by atoms with Crippen molar-refractivity contribution in [2.24, 2.45) is 10.2 Å². The zero-order chi connectivity index (χ0) is 21.7. The lowest BCUT2D eigenvalue weighted by Gasteiger charge is -2.08. The summed E-state index contributed by atoms with van der Waals surface area (Å²) in [6.45, 7) is 1.49. The maximum absolute atomic E-state index is 12.4. The monoisotopic (exact) mass is 482 g/mol. The molecule has 0 spiro atoms. The number of rotatable bonds is 2. The number of H-pyrrole nitrogens is 1. The number of benzene rings is 2. The van der Waals surface area contributed by atoms with Gasteiger partial charge in [0.1, 0.15) is 11.3 Å². The van der Waals surface area contributed by atoms with E-state index in [1.54, 1.807) is 24.3 Å². The zero-order valence-corrected chi connectivity index (χ0v) is 18.0. The number of amidine groups is 1. The summed E-state index contributed by atoms with van der Waals surface area (Å²) in [5, 5.41) is 21.3. The summed E-state index contributed by atoms with van der Waals surface area (Å²) in [5.74, 6) is -0.826. The number of amides is 1. The Morgan fingerprint density at radius 3 is 2.30 bits per heavy atom. The minimum atomic E-state index is -0.575. The smallest absolute Gasteiger partial charge is 0.261 e. The lowest BCUT2D eigenvalue weighted by Crippen LogP contribution is -2.21. The van der Waals surface area contributed by atoms with E-state index in [-0.39, 0.29) is 54.1 Å². The molecule has 0 unspecified atom stereocenters. The van der Waals surface area contributed by atoms with Crippen LogP contribution in [-0.4, -0.2) is 27.5 Å². The van der Waals surface area contributed by atoms with Gasteiger partial charge in [-0.3, -0.25) is 9.59 Å². The predicted octanol–water partition coefficient (Wildman–Crippen LogP) is 4.76. The third-order valence-electron chi connectivity index (χ3n) is 4.52. The van der Waals surface area contributed by atoms with Gasteiger partial charge in [0.2, 0.25) is 0 Å². The van der Waals surface area contributed by atoms with Crippen molar-refractivity contribution in [1.82, 2.24) is 10.3 Å². The second-order valence-corrected chi connectivity index (χ2v) is 7.83. The Labute approximate surface area is 188 Å². The van der Waals surface area contributed by atoms with Crippen molar-refractivity contribution in [2.45, 2.75) is 6.92 Å². The molecule has 2 heterocycles. The van der Waals surface area contributed by atoms with Crippen LogP contribution in [0.15, 0.2) is 39.3 Å². The van der Waals surface area contributed by atoms with Crippen molar-refractivity contribution in [3.63, 3.8) is 0 Å². The van der Waals surface area contributed by atoms with Crippen LogP contribution in [0.2, 0.25) is 20.1 Å². The number of pyridine rings is 1. The average molecular weight is 484 g/mol. The van der Waals surface area contributed by atoms with Crippen LogP contribution in [0.3, 0.4) is 0 Å². The molecule has 0 aliphatic carbocycles. The van der Waals surface area contributed by atoms with Gasteiger partial charge in [0, 0.05) is 5.39 Å². The molecule has 30 heavy (non-hydrogen) atoms. The largest absolute Gasteiger partial charge is 0.506 e. The minimum absolute atomic E-state index is 0.0163. The molecule has 0 saturated carbocycles. The normalized spacial score (nSPS) is 15.0. The first-order valence-electron chi connectivity index (χ1n) is 8.36. The number of fused-ring (bicyclic) bond motifs is 2. The molecule has 1 aliphatic heterocycles. The number of hydrogen-bond donors (Lipinski definition) is 3. The summed E-state index contributed by atoms with van der Waals surface area (Å²) in [5.41, 5.74) is 0.161. The van der Waals surface area contributed by atoms with Gasteiger partial charge in [-0.05, 0) is 19.1 Å². The van der Waals surface area contributed by atoms with E-state index in [4.69, 9.17) is 46.4 Å². The van der Waals surface area contributed by atoms with Crippen molar-refractivity contribution >= 4 is 74.8 Å². The fraction of sp³-hybridized carbons (Fsp3) is 0.0526. The van der Waals surface area contributed by atoms with Crippen molar-refractivity contribution in [3.8, 4) is 5.75 Å². The third kappa shape index (κ3) is 3.15. The summed E-state index contributed by atoms with van der Waals surface area (Å²) in [6.07, 6.45) is 0. The fourth-order valence-electron chi connectivity index (χ4n) is 3.11. The van der Waals surface area contributed by atoms with Gasteiger partial charge in [-0.2, -0.15) is 5.10 Å². The molecule has 0 bridgehead atoms. The predicted molar refractivity (Wildman–Crippen MR) is 119 cm³/mol. The van der Waals surface area contributed by atoms with Crippen molar-refractivity contribution in [1.29, 1.82) is 0 Å². The molecule has 0 fully saturated rings. The van der Waals surface area contributed by atoms with Crippen LogP contribution in [-0.2, 0) is 0 Å². The van der Waals surface area contributed by atoms with Gasteiger partial charge in [-0.15, -0.1) is 5.10 Å². The first-order valence-corrected chi connectivity index (χ1v) is 9.87. The molecule has 1 aliphatic rings. The zero-order valence-electron chi connectivity index (χ0n) is 15.0. The Kier molecular flexibility index (Phi) is 5.23. The van der Waals surface area contributed by atoms with Crippen LogP contribution in [0.5, 0.6) is 5.75 Å². The van der Waals surface area contributed by atoms with Gasteiger partial charge in [-0.1, -0.05) is 58.5 Å². The average Bonchev–Trinajstić information content (AvgIpc) is 3.05. The molecule has 2 aromatic carbocycles. The number of nitrogens with one attached hydrogen (secondary N) is 2. The number of hydrogen-bond acceptors (Lipinski definition) is 5. The van der Waals surface area contributed by atoms with E-state index in [1.165, 1.54) is 6.92 Å². The van der Waals surface area contributed by atoms with Gasteiger partial charge >= 0.3 is 0 Å². The SMILES string of the molecule is C/C(=N\N=C1/NC(=O)c2c(Cl)c(Cl)c(Cl)c(Cl)c21)c1c(O)c2ccccc2[nH]c1=O. The number of aromatic nitrogens is 1. The highest BCUT2D eigenvalue weighted by molar-refractivity contribution is 6.55. The first-order chi connectivity index (χ1) is 14.2. The minimum Gasteiger partial charge on any atom is -0.506 e. The number of carbonyl (C=O) groups excluding carboxylic acids is 1. The second kappa shape index (κ2) is 7.59. The van der Waals surface area contributed by atoms with Gasteiger partial charge in [0.25, 0.3) is 11.5 Å². The van der Waals surface area contributed by atoms with Crippen molar-refractivity contribution in [3.05, 3.63) is 71.4 Å². The van der Waals surface area contributed by atoms with E-state index in [9.17, 15) is 14.7 Å². The summed E-state index contributed by atoms with van der Waals surface area (Å²) in [4.78, 5) is 27.4. The van der Waals surface area contributed by atoms with Crippen LogP contribution in [0, 0.1) is 0 Å². The topological polar surface area (TPSA) is 107 Å². The lowest BCUT2D eigenvalue weighted by molar-refractivity contribution is 0.0983. The summed E-state index contributed by atoms with van der Waals surface area (Å²) < 4.78 is 0. The van der Waals surface area contributed by atoms with E-state index >= 15 is 0 Å². The van der Waals surface area contributed by atoms with Gasteiger partial charge in [-0.25, -0.2) is 0 Å². The van der Waals surface area contributed by atoms with Gasteiger partial charge in [0.05, 0.1) is 42.4 Å². The third-order valence-corrected chi connectivity index (χ3v) is 6.32. The Hall–Kier alpha value is -2.58. The van der Waals surface area contributed by atoms with Crippen LogP contribution in [0.1, 0.15) is 28.4 Å². The summed E-state index contributed by atoms with van der Waals surface area (Å²) >= 11 is 24.4. The van der Waals surface area contributed by atoms with Gasteiger partial charge in [0.15, 0.2) is 5.84 Å². The highest BCUT2D eigenvalue weighted by atomic mass is 35.5. The van der Waals surface area contributed by atoms with Crippen LogP contribution < -0.4 is 10.9 Å². The maximum Gasteiger partial charge on any atom is 0.261 e. The number of aromatic amines is 1. The summed E-state index contributed by atoms with van der Waals surface area (Å²) in [7, 11) is 0. The molecule has 1 amide bonds. The molecule has 3 aromatic rings. The maximum atomic E-state index is 12.4. The van der Waals surface area contributed by atoms with Crippen molar-refractivity contribution < 1.29 is 9.90 Å². The highest BCUT2D eigenvalue weighted by Gasteiger charge is 2.34. The fourth-order valence-corrected chi connectivity index (χ4v) is 4.14. The molecule has 3 N–H and O–H groups in total. The molecule has 7 nitrogen and oxygen atoms in total. The molecular weight excluding hydrogens is 474 g/mol. The van der Waals surface area contributed by atoms with Crippen LogP contribution in [0.4, 0.5) is 0 Å². The van der Waals surface area contributed by atoms with Crippen molar-refractivity contribution in [2.75, 3.05) is 0 Å². The Morgan fingerprint density at radius 2 is 1.60 bits per heavy atom. The van der Waals surface area contributed by atoms with Gasteiger partial charge < -0.3 is 15.4 Å². The molecule has 4 rings (SSSR count). The molecule has 1 aromatic heterocycles. The lowest BCUT2D eigenvalue weighted by atomic mass is 10.1. The van der Waals surface area contributed by atoms with E-state index in [1.807, 2.05) is 0 Å². The Morgan fingerprint density at radius 1 is 0.967 bits per heavy atom. The Balaban J connectivity index is 1.86. The number of carbonyl (C=O) groups is 1. The number of halogens is 4. The molecule has 0 atom stereocenters. The first kappa shape index (κ1) is 20.7. The number of aromatic hydroxyl groups is 1. The van der Waals surface area contributed by atoms with E-state index in [2.05, 4.69) is 20.5 Å². The molecule has 11 heteroatoms. The molecular formula is C19H10Cl4N4O3. The quantitative estimate of drug-likeness (QED) is 0.211. The standard InChI is InChI=1S/C19H10Cl4N4O3/c1-6(9-16(28)7-4-2-3-5-8(7)24-18(9)29)26-27-17-10-11(19(30)25-17)13(21)15(23)14(22)12(10)20/h2-5H,1H3,(H2,24,28,29)(H,25,27,30)/b26-6+. The van der Waals surface area contributed by atoms with E-state index in [0.717, 1.165) is 0 Å². The highest BCUT2D eigenvalue weighted by Crippen LogP contribution is 2.43. The molecule has 0 radical (unpaired) electrons. The number of nitrogens with zero attached hydrogens (tertiary/aromatic N) is 2. The molecule has 152 valence electrons. The van der Waals surface area contributed by atoms with E-state index in [0.29, 0.717) is 10.9 Å². The summed E-state index contributed by atoms with van der Waals surface area (Å²) in [6, 6.07) is 6.78.